The number of benzene rings is 1. The van der Waals surface area contributed by atoms with E-state index in [1.807, 2.05) is 37.3 Å². The number of hydrogen-bond acceptors (Lipinski definition) is 7. The van der Waals surface area contributed by atoms with Gasteiger partial charge in [0.1, 0.15) is 24.4 Å². The molecule has 1 unspecified atom stereocenters. The fourth-order valence-corrected chi connectivity index (χ4v) is 3.21. The zero-order chi connectivity index (χ0) is 19.2. The van der Waals surface area contributed by atoms with Crippen LogP contribution in [0, 0.1) is 0 Å². The number of carbonyl (C=O) groups excluding carboxylic acids is 1. The largest absolute Gasteiger partial charge is 0.450 e. The van der Waals surface area contributed by atoms with Crippen molar-refractivity contribution in [1.82, 2.24) is 5.32 Å². The molecule has 2 aliphatic heterocycles. The molecule has 2 aliphatic rings. The van der Waals surface area contributed by atoms with Crippen molar-refractivity contribution < 1.29 is 33.6 Å². The predicted octanol–water partition coefficient (Wildman–Crippen LogP) is 1.73. The van der Waals surface area contributed by atoms with Crippen molar-refractivity contribution in [2.24, 2.45) is 0 Å². The zero-order valence-corrected chi connectivity index (χ0v) is 15.6. The van der Waals surface area contributed by atoms with Gasteiger partial charge in [0.05, 0.1) is 13.2 Å². The minimum absolute atomic E-state index is 0.245. The highest BCUT2D eigenvalue weighted by molar-refractivity contribution is 5.67. The molecule has 2 heterocycles. The number of ether oxygens (including phenoxy) is 5. The van der Waals surface area contributed by atoms with Gasteiger partial charge < -0.3 is 34.1 Å². The van der Waals surface area contributed by atoms with Gasteiger partial charge in [0.15, 0.2) is 12.6 Å². The number of fused-ring (bicyclic) bond motifs is 1. The molecule has 27 heavy (non-hydrogen) atoms. The van der Waals surface area contributed by atoms with Crippen LogP contribution in [0.2, 0.25) is 0 Å². The molecule has 0 spiro atoms. The third-order valence-corrected chi connectivity index (χ3v) is 4.69. The number of alkyl carbamates (subject to hydrolysis) is 1. The maximum atomic E-state index is 12.0. The summed E-state index contributed by atoms with van der Waals surface area (Å²) in [5, 5.41) is 13.5. The molecule has 1 aromatic carbocycles. The number of aliphatic hydroxyl groups is 1. The lowest BCUT2D eigenvalue weighted by Crippen LogP contribution is -2.66. The Bertz CT molecular complexity index is 599. The number of methoxy groups -OCH3 is 1. The molecule has 3 rings (SSSR count). The van der Waals surface area contributed by atoms with Crippen molar-refractivity contribution in [3.8, 4) is 0 Å². The van der Waals surface area contributed by atoms with E-state index in [9.17, 15) is 9.90 Å². The van der Waals surface area contributed by atoms with E-state index in [2.05, 4.69) is 5.32 Å². The summed E-state index contributed by atoms with van der Waals surface area (Å²) >= 11 is 0. The Morgan fingerprint density at radius 2 is 2.07 bits per heavy atom. The van der Waals surface area contributed by atoms with Gasteiger partial charge in [-0.05, 0) is 6.42 Å². The second-order valence-corrected chi connectivity index (χ2v) is 6.61. The first-order chi connectivity index (χ1) is 13.1. The van der Waals surface area contributed by atoms with Crippen LogP contribution in [0.5, 0.6) is 0 Å². The quantitative estimate of drug-likeness (QED) is 0.725. The van der Waals surface area contributed by atoms with Crippen molar-refractivity contribution >= 4 is 6.09 Å². The van der Waals surface area contributed by atoms with Gasteiger partial charge in [-0.1, -0.05) is 43.7 Å². The van der Waals surface area contributed by atoms with Gasteiger partial charge in [0.2, 0.25) is 0 Å². The molecule has 0 radical (unpaired) electrons. The predicted molar refractivity (Wildman–Crippen MR) is 94.9 cm³/mol. The third-order valence-electron chi connectivity index (χ3n) is 4.69. The molecule has 0 aromatic heterocycles. The number of carbonyl (C=O) groups is 1. The van der Waals surface area contributed by atoms with E-state index in [0.717, 1.165) is 18.4 Å². The summed E-state index contributed by atoms with van der Waals surface area (Å²) in [4.78, 5) is 12.0. The van der Waals surface area contributed by atoms with E-state index in [1.165, 1.54) is 7.11 Å². The maximum absolute atomic E-state index is 12.0. The number of aliphatic hydroxyl groups excluding tert-OH is 1. The summed E-state index contributed by atoms with van der Waals surface area (Å²) in [7, 11) is 1.45. The fraction of sp³-hybridized carbons (Fsp3) is 0.632. The molecule has 0 saturated carbocycles. The standard InChI is InChI=1S/C19H27NO7/c1-3-4-10-24-19(22)20-14-15(21)16-13(26-18(14)23-2)11-25-17(27-16)12-8-6-5-7-9-12/h5-9,13-18,21H,3-4,10-11H2,1-2H3,(H,20,22)/t13-,14-,15-,16-,17?,18+/m1/s1. The second kappa shape index (κ2) is 9.48. The summed E-state index contributed by atoms with van der Waals surface area (Å²) in [6, 6.07) is 8.64. The van der Waals surface area contributed by atoms with E-state index in [0.29, 0.717) is 6.61 Å². The van der Waals surface area contributed by atoms with Crippen molar-refractivity contribution in [2.45, 2.75) is 56.7 Å². The van der Waals surface area contributed by atoms with Crippen molar-refractivity contribution in [3.63, 3.8) is 0 Å². The maximum Gasteiger partial charge on any atom is 0.407 e. The highest BCUT2D eigenvalue weighted by Crippen LogP contribution is 2.34. The number of amides is 1. The van der Waals surface area contributed by atoms with Crippen LogP contribution in [-0.4, -0.2) is 62.2 Å². The Morgan fingerprint density at radius 1 is 1.30 bits per heavy atom. The molecular formula is C19H27NO7. The van der Waals surface area contributed by atoms with Gasteiger partial charge in [-0.2, -0.15) is 0 Å². The number of rotatable bonds is 6. The van der Waals surface area contributed by atoms with Crippen LogP contribution in [0.1, 0.15) is 31.6 Å². The van der Waals surface area contributed by atoms with Gasteiger partial charge >= 0.3 is 6.09 Å². The van der Waals surface area contributed by atoms with Gasteiger partial charge in [0.25, 0.3) is 0 Å². The summed E-state index contributed by atoms with van der Waals surface area (Å²) in [5.74, 6) is 0. The Morgan fingerprint density at radius 3 is 2.78 bits per heavy atom. The number of unbranched alkanes of at least 4 members (excludes halogenated alkanes) is 1. The molecule has 2 saturated heterocycles. The van der Waals surface area contributed by atoms with Gasteiger partial charge in [-0.3, -0.25) is 0 Å². The van der Waals surface area contributed by atoms with Crippen LogP contribution in [0.15, 0.2) is 30.3 Å². The van der Waals surface area contributed by atoms with Crippen molar-refractivity contribution in [1.29, 1.82) is 0 Å². The smallest absolute Gasteiger partial charge is 0.407 e. The zero-order valence-electron chi connectivity index (χ0n) is 15.6. The second-order valence-electron chi connectivity index (χ2n) is 6.61. The van der Waals surface area contributed by atoms with E-state index in [4.69, 9.17) is 23.7 Å². The van der Waals surface area contributed by atoms with Gasteiger partial charge in [-0.25, -0.2) is 4.79 Å². The molecular weight excluding hydrogens is 354 g/mol. The topological polar surface area (TPSA) is 95.5 Å². The lowest BCUT2D eigenvalue weighted by molar-refractivity contribution is -0.341. The molecule has 1 aromatic rings. The summed E-state index contributed by atoms with van der Waals surface area (Å²) in [5.41, 5.74) is 0.848. The number of hydrogen-bond donors (Lipinski definition) is 2. The lowest BCUT2D eigenvalue weighted by atomic mass is 9.96. The molecule has 8 nitrogen and oxygen atoms in total. The molecule has 8 heteroatoms. The monoisotopic (exact) mass is 381 g/mol. The fourth-order valence-electron chi connectivity index (χ4n) is 3.21. The first kappa shape index (κ1) is 20.0. The van der Waals surface area contributed by atoms with Crippen molar-refractivity contribution in [3.05, 3.63) is 35.9 Å². The Hall–Kier alpha value is -1.71. The highest BCUT2D eigenvalue weighted by atomic mass is 16.7. The first-order valence-electron chi connectivity index (χ1n) is 9.25. The van der Waals surface area contributed by atoms with Crippen LogP contribution < -0.4 is 5.32 Å². The lowest BCUT2D eigenvalue weighted by Gasteiger charge is -2.47. The minimum atomic E-state index is -1.04. The van der Waals surface area contributed by atoms with E-state index >= 15 is 0 Å². The average molecular weight is 381 g/mol. The van der Waals surface area contributed by atoms with E-state index in [1.54, 1.807) is 0 Å². The normalized spacial score (nSPS) is 33.1. The highest BCUT2D eigenvalue weighted by Gasteiger charge is 2.50. The summed E-state index contributed by atoms with van der Waals surface area (Å²) in [6.07, 6.45) is -2.58. The van der Waals surface area contributed by atoms with Crippen LogP contribution in [-0.2, 0) is 23.7 Å². The Kier molecular flexibility index (Phi) is 7.03. The SMILES string of the molecule is CCCCOC(=O)N[C@H]1[C@@H](OC)O[C@@H]2COC(c3ccccc3)O[C@H]2[C@@H]1O. The van der Waals surface area contributed by atoms with E-state index in [-0.39, 0.29) is 6.61 Å². The minimum Gasteiger partial charge on any atom is -0.450 e. The average Bonchev–Trinajstić information content (AvgIpc) is 2.70. The Balaban J connectivity index is 1.66. The Labute approximate surface area is 158 Å². The molecule has 6 atom stereocenters. The van der Waals surface area contributed by atoms with Crippen LogP contribution in [0.25, 0.3) is 0 Å². The van der Waals surface area contributed by atoms with Crippen LogP contribution in [0.4, 0.5) is 4.79 Å². The molecule has 2 N–H and O–H groups in total. The molecule has 2 fully saturated rings. The number of nitrogens with one attached hydrogen (secondary N) is 1. The molecule has 1 amide bonds. The molecule has 0 aliphatic carbocycles. The van der Waals surface area contributed by atoms with Gasteiger partial charge in [0, 0.05) is 12.7 Å². The molecule has 0 bridgehead atoms. The van der Waals surface area contributed by atoms with Crippen molar-refractivity contribution in [2.75, 3.05) is 20.3 Å². The van der Waals surface area contributed by atoms with Crippen LogP contribution >= 0.6 is 0 Å². The van der Waals surface area contributed by atoms with Crippen LogP contribution in [0.3, 0.4) is 0 Å². The summed E-state index contributed by atoms with van der Waals surface area (Å²) in [6.45, 7) is 2.57. The first-order valence-corrected chi connectivity index (χ1v) is 9.25. The summed E-state index contributed by atoms with van der Waals surface area (Å²) < 4.78 is 27.9. The molecule has 150 valence electrons. The van der Waals surface area contributed by atoms with Gasteiger partial charge in [-0.15, -0.1) is 0 Å². The van der Waals surface area contributed by atoms with E-state index < -0.39 is 43.0 Å². The third kappa shape index (κ3) is 4.77.